The lowest BCUT2D eigenvalue weighted by atomic mass is 10.1. The highest BCUT2D eigenvalue weighted by atomic mass is 32.2. The summed E-state index contributed by atoms with van der Waals surface area (Å²) in [6.45, 7) is 1.17. The van der Waals surface area contributed by atoms with Crippen LogP contribution in [0, 0.1) is 0 Å². The maximum Gasteiger partial charge on any atom is 0.416 e. The first-order valence-electron chi connectivity index (χ1n) is 8.02. The summed E-state index contributed by atoms with van der Waals surface area (Å²) >= 11 is 1.34. The van der Waals surface area contributed by atoms with Crippen LogP contribution in [-0.2, 0) is 16.8 Å². The molecule has 0 saturated carbocycles. The zero-order valence-electron chi connectivity index (χ0n) is 13.8. The minimum Gasteiger partial charge on any atom is -0.372 e. The second-order valence-electron chi connectivity index (χ2n) is 6.25. The van der Waals surface area contributed by atoms with E-state index in [1.54, 1.807) is 6.07 Å². The third-order valence-corrected chi connectivity index (χ3v) is 5.38. The van der Waals surface area contributed by atoms with Gasteiger partial charge >= 0.3 is 6.18 Å². The fourth-order valence-corrected chi connectivity index (χ4v) is 3.98. The van der Waals surface area contributed by atoms with Gasteiger partial charge in [-0.15, -0.1) is 11.8 Å². The number of hydrogen-bond donors (Lipinski definition) is 1. The average molecular weight is 392 g/mol. The predicted molar refractivity (Wildman–Crippen MR) is 87.2 cm³/mol. The maximum absolute atomic E-state index is 13.3. The van der Waals surface area contributed by atoms with Crippen LogP contribution in [-0.4, -0.2) is 22.1 Å². The molecule has 1 N–H and O–H groups in total. The van der Waals surface area contributed by atoms with Gasteiger partial charge in [-0.05, 0) is 37.1 Å². The minimum absolute atomic E-state index is 0.0196. The van der Waals surface area contributed by atoms with Crippen LogP contribution < -0.4 is 0 Å². The molecule has 3 nitrogen and oxygen atoms in total. The number of benzene rings is 1. The van der Waals surface area contributed by atoms with Crippen LogP contribution in [0.3, 0.4) is 0 Å². The van der Waals surface area contributed by atoms with Crippen molar-refractivity contribution in [2.75, 3.05) is 6.61 Å². The molecule has 0 aliphatic carbocycles. The normalized spacial score (nSPS) is 21.8. The number of nitrogens with one attached hydrogen (secondary N) is 1. The summed E-state index contributed by atoms with van der Waals surface area (Å²) in [5.41, 5.74) is -0.589. The smallest absolute Gasteiger partial charge is 0.372 e. The number of thioether (sulfide) groups is 1. The first-order valence-corrected chi connectivity index (χ1v) is 8.90. The number of rotatable bonds is 4. The van der Waals surface area contributed by atoms with Crippen LogP contribution >= 0.6 is 11.8 Å². The van der Waals surface area contributed by atoms with E-state index < -0.39 is 23.8 Å². The van der Waals surface area contributed by atoms with Crippen LogP contribution in [0.5, 0.6) is 0 Å². The Labute approximate surface area is 151 Å². The molecular formula is C17H17F5N2OS. The molecular weight excluding hydrogens is 375 g/mol. The Balaban J connectivity index is 1.68. The first-order chi connectivity index (χ1) is 12.1. The molecule has 9 heteroatoms. The number of halogens is 5. The Morgan fingerprint density at radius 1 is 1.19 bits per heavy atom. The second kappa shape index (κ2) is 7.19. The van der Waals surface area contributed by atoms with E-state index in [9.17, 15) is 22.0 Å². The van der Waals surface area contributed by atoms with Crippen molar-refractivity contribution in [3.05, 3.63) is 47.3 Å². The molecule has 1 aromatic carbocycles. The molecule has 3 rings (SSSR count). The van der Waals surface area contributed by atoms with Crippen LogP contribution in [0.1, 0.15) is 42.8 Å². The largest absolute Gasteiger partial charge is 0.416 e. The number of alkyl halides is 5. The lowest BCUT2D eigenvalue weighted by Crippen LogP contribution is -2.22. The Hall–Kier alpha value is -1.61. The van der Waals surface area contributed by atoms with Crippen molar-refractivity contribution >= 4 is 11.8 Å². The number of ether oxygens (including phenoxy) is 1. The van der Waals surface area contributed by atoms with Gasteiger partial charge in [0.15, 0.2) is 0 Å². The van der Waals surface area contributed by atoms with E-state index in [4.69, 9.17) is 4.74 Å². The van der Waals surface area contributed by atoms with Crippen molar-refractivity contribution in [3.8, 4) is 0 Å². The molecule has 1 aromatic heterocycles. The van der Waals surface area contributed by atoms with Gasteiger partial charge in [0.05, 0.1) is 17.4 Å². The zero-order valence-corrected chi connectivity index (χ0v) is 14.6. The molecule has 1 aliphatic heterocycles. The fraction of sp³-hybridized carbons (Fsp3) is 0.471. The molecule has 2 unspecified atom stereocenters. The van der Waals surface area contributed by atoms with Gasteiger partial charge in [0.1, 0.15) is 5.69 Å². The summed E-state index contributed by atoms with van der Waals surface area (Å²) < 4.78 is 70.7. The molecule has 0 radical (unpaired) electrons. The standard InChI is InChI=1S/C17H17F5N2OS/c1-16(18,19)15-9-13(23-24-15)14-8-12(5-6-25-14)26-11-4-2-3-10(7-11)17(20,21)22/h2-4,7,9,12,14H,5-6,8H2,1H3,(H,23,24). The number of aromatic nitrogens is 2. The highest BCUT2D eigenvalue weighted by Crippen LogP contribution is 2.39. The van der Waals surface area contributed by atoms with Gasteiger partial charge in [0.25, 0.3) is 5.92 Å². The topological polar surface area (TPSA) is 37.9 Å². The summed E-state index contributed by atoms with van der Waals surface area (Å²) in [6, 6.07) is 6.46. The van der Waals surface area contributed by atoms with Crippen LogP contribution in [0.2, 0.25) is 0 Å². The van der Waals surface area contributed by atoms with Crippen molar-refractivity contribution in [2.24, 2.45) is 0 Å². The first kappa shape index (κ1) is 19.2. The van der Waals surface area contributed by atoms with E-state index in [0.717, 1.165) is 19.1 Å². The molecule has 2 heterocycles. The molecule has 1 aliphatic rings. The summed E-state index contributed by atoms with van der Waals surface area (Å²) in [5, 5.41) is 6.23. The average Bonchev–Trinajstić information content (AvgIpc) is 3.05. The fourth-order valence-electron chi connectivity index (χ4n) is 2.75. The molecule has 2 aromatic rings. The third-order valence-electron chi connectivity index (χ3n) is 4.09. The summed E-state index contributed by atoms with van der Waals surface area (Å²) in [4.78, 5) is 0.524. The van der Waals surface area contributed by atoms with Crippen molar-refractivity contribution in [1.29, 1.82) is 0 Å². The highest BCUT2D eigenvalue weighted by molar-refractivity contribution is 8.00. The number of H-pyrrole nitrogens is 1. The van der Waals surface area contributed by atoms with Gasteiger partial charge in [-0.2, -0.15) is 27.1 Å². The molecule has 1 saturated heterocycles. The van der Waals surface area contributed by atoms with Gasteiger partial charge < -0.3 is 4.74 Å². The van der Waals surface area contributed by atoms with E-state index in [0.29, 0.717) is 30.0 Å². The van der Waals surface area contributed by atoms with Crippen molar-refractivity contribution in [3.63, 3.8) is 0 Å². The number of aromatic amines is 1. The van der Waals surface area contributed by atoms with Crippen molar-refractivity contribution in [1.82, 2.24) is 10.2 Å². The quantitative estimate of drug-likeness (QED) is 0.693. The van der Waals surface area contributed by atoms with Gasteiger partial charge in [-0.1, -0.05) is 6.07 Å². The Morgan fingerprint density at radius 3 is 2.62 bits per heavy atom. The lowest BCUT2D eigenvalue weighted by molar-refractivity contribution is -0.137. The molecule has 1 fully saturated rings. The highest BCUT2D eigenvalue weighted by Gasteiger charge is 2.33. The molecule has 2 atom stereocenters. The third kappa shape index (κ3) is 4.56. The van der Waals surface area contributed by atoms with E-state index in [-0.39, 0.29) is 10.9 Å². The molecule has 26 heavy (non-hydrogen) atoms. The zero-order chi connectivity index (χ0) is 18.9. The monoisotopic (exact) mass is 392 g/mol. The lowest BCUT2D eigenvalue weighted by Gasteiger charge is -2.28. The van der Waals surface area contributed by atoms with Crippen LogP contribution in [0.25, 0.3) is 0 Å². The summed E-state index contributed by atoms with van der Waals surface area (Å²) in [6.07, 6.45) is -3.65. The van der Waals surface area contributed by atoms with E-state index >= 15 is 0 Å². The minimum atomic E-state index is -4.38. The van der Waals surface area contributed by atoms with Crippen molar-refractivity contribution < 1.29 is 26.7 Å². The Bertz CT molecular complexity index is 756. The van der Waals surface area contributed by atoms with Gasteiger partial charge in [-0.3, -0.25) is 5.10 Å². The van der Waals surface area contributed by atoms with Gasteiger partial charge in [0, 0.05) is 23.7 Å². The predicted octanol–water partition coefficient (Wildman–Crippen LogP) is 5.55. The molecule has 142 valence electrons. The molecule has 0 spiro atoms. The van der Waals surface area contributed by atoms with E-state index in [1.807, 2.05) is 0 Å². The van der Waals surface area contributed by atoms with E-state index in [2.05, 4.69) is 10.2 Å². The summed E-state index contributed by atoms with van der Waals surface area (Å²) in [7, 11) is 0. The van der Waals surface area contributed by atoms with Crippen LogP contribution in [0.15, 0.2) is 35.2 Å². The molecule has 0 amide bonds. The van der Waals surface area contributed by atoms with E-state index in [1.165, 1.54) is 23.9 Å². The SMILES string of the molecule is CC(F)(F)c1cc(C2CC(Sc3cccc(C(F)(F)F)c3)CCO2)[nH]n1. The van der Waals surface area contributed by atoms with Crippen molar-refractivity contribution in [2.45, 2.75) is 48.1 Å². The molecule has 0 bridgehead atoms. The second-order valence-corrected chi connectivity index (χ2v) is 7.62. The number of hydrogen-bond acceptors (Lipinski definition) is 3. The van der Waals surface area contributed by atoms with Crippen LogP contribution in [0.4, 0.5) is 22.0 Å². The Kier molecular flexibility index (Phi) is 5.30. The van der Waals surface area contributed by atoms with Gasteiger partial charge in [0.2, 0.25) is 0 Å². The Morgan fingerprint density at radius 2 is 1.96 bits per heavy atom. The maximum atomic E-state index is 13.3. The van der Waals surface area contributed by atoms with Gasteiger partial charge in [-0.25, -0.2) is 0 Å². The summed E-state index contributed by atoms with van der Waals surface area (Å²) in [5.74, 6) is -3.05. The number of nitrogens with zero attached hydrogens (tertiary/aromatic N) is 1.